The van der Waals surface area contributed by atoms with Gasteiger partial charge in [0.1, 0.15) is 11.4 Å². The highest BCUT2D eigenvalue weighted by Gasteiger charge is 2.14. The maximum Gasteiger partial charge on any atom is 0.274 e. The molecule has 0 fully saturated rings. The van der Waals surface area contributed by atoms with Crippen LogP contribution in [0.2, 0.25) is 5.02 Å². The van der Waals surface area contributed by atoms with Crippen molar-refractivity contribution in [2.45, 2.75) is 20.8 Å². The summed E-state index contributed by atoms with van der Waals surface area (Å²) in [5.74, 6) is 0.560. The SMILES string of the molecule is COc1ccc(C)cc1NC(=O)c1cc(C)nc(Nc2cccc(Cl)c2C)n1. The zero-order valence-electron chi connectivity index (χ0n) is 16.1. The van der Waals surface area contributed by atoms with E-state index in [4.69, 9.17) is 16.3 Å². The molecule has 0 saturated carbocycles. The number of carbonyl (C=O) groups is 1. The average molecular weight is 397 g/mol. The summed E-state index contributed by atoms with van der Waals surface area (Å²) in [6.45, 7) is 5.65. The van der Waals surface area contributed by atoms with Crippen LogP contribution in [0.5, 0.6) is 5.75 Å². The third-order valence-electron chi connectivity index (χ3n) is 4.20. The number of aromatic nitrogens is 2. The van der Waals surface area contributed by atoms with Crippen molar-refractivity contribution in [1.29, 1.82) is 0 Å². The minimum absolute atomic E-state index is 0.248. The molecular formula is C21H21ClN4O2. The van der Waals surface area contributed by atoms with Gasteiger partial charge in [-0.3, -0.25) is 4.79 Å². The quantitative estimate of drug-likeness (QED) is 0.630. The van der Waals surface area contributed by atoms with Gasteiger partial charge in [0, 0.05) is 16.4 Å². The van der Waals surface area contributed by atoms with E-state index in [0.717, 1.165) is 16.8 Å². The molecule has 3 rings (SSSR count). The van der Waals surface area contributed by atoms with Crippen LogP contribution < -0.4 is 15.4 Å². The Kier molecular flexibility index (Phi) is 5.80. The second-order valence-corrected chi connectivity index (χ2v) is 6.82. The third kappa shape index (κ3) is 4.40. The Morgan fingerprint density at radius 1 is 1.04 bits per heavy atom. The number of ether oxygens (including phenoxy) is 1. The largest absolute Gasteiger partial charge is 0.495 e. The number of amides is 1. The second kappa shape index (κ2) is 8.27. The molecule has 144 valence electrons. The molecule has 6 nitrogen and oxygen atoms in total. The number of hydrogen-bond donors (Lipinski definition) is 2. The van der Waals surface area contributed by atoms with Crippen LogP contribution in [0.1, 0.15) is 27.3 Å². The molecule has 0 unspecified atom stereocenters. The van der Waals surface area contributed by atoms with Crippen LogP contribution in [0.4, 0.5) is 17.3 Å². The number of methoxy groups -OCH3 is 1. The lowest BCUT2D eigenvalue weighted by molar-refractivity contribution is 0.102. The monoisotopic (exact) mass is 396 g/mol. The number of hydrogen-bond acceptors (Lipinski definition) is 5. The van der Waals surface area contributed by atoms with Crippen LogP contribution in [0, 0.1) is 20.8 Å². The van der Waals surface area contributed by atoms with Gasteiger partial charge in [0.25, 0.3) is 5.91 Å². The van der Waals surface area contributed by atoms with Crippen LogP contribution in [-0.4, -0.2) is 23.0 Å². The zero-order chi connectivity index (χ0) is 20.3. The minimum Gasteiger partial charge on any atom is -0.495 e. The molecule has 0 aliphatic carbocycles. The van der Waals surface area contributed by atoms with E-state index < -0.39 is 0 Å². The molecule has 0 atom stereocenters. The molecule has 0 aliphatic rings. The molecular weight excluding hydrogens is 376 g/mol. The fourth-order valence-electron chi connectivity index (χ4n) is 2.71. The van der Waals surface area contributed by atoms with Crippen molar-refractivity contribution in [2.75, 3.05) is 17.7 Å². The van der Waals surface area contributed by atoms with Crippen molar-refractivity contribution in [3.8, 4) is 5.75 Å². The zero-order valence-corrected chi connectivity index (χ0v) is 16.9. The van der Waals surface area contributed by atoms with E-state index in [2.05, 4.69) is 20.6 Å². The number of carbonyl (C=O) groups excluding carboxylic acids is 1. The van der Waals surface area contributed by atoms with Crippen LogP contribution in [0.3, 0.4) is 0 Å². The van der Waals surface area contributed by atoms with Gasteiger partial charge in [0.2, 0.25) is 5.95 Å². The summed E-state index contributed by atoms with van der Waals surface area (Å²) in [5.41, 5.74) is 4.17. The summed E-state index contributed by atoms with van der Waals surface area (Å²) in [6, 6.07) is 12.7. The molecule has 1 heterocycles. The first kappa shape index (κ1) is 19.6. The van der Waals surface area contributed by atoms with Crippen LogP contribution in [-0.2, 0) is 0 Å². The highest BCUT2D eigenvalue weighted by atomic mass is 35.5. The van der Waals surface area contributed by atoms with E-state index in [1.807, 2.05) is 57.2 Å². The Morgan fingerprint density at radius 3 is 2.57 bits per heavy atom. The molecule has 0 bridgehead atoms. The van der Waals surface area contributed by atoms with Gasteiger partial charge >= 0.3 is 0 Å². The molecule has 0 spiro atoms. The number of aryl methyl sites for hydroxylation is 2. The molecule has 3 aromatic rings. The van der Waals surface area contributed by atoms with Gasteiger partial charge in [0.05, 0.1) is 12.8 Å². The van der Waals surface area contributed by atoms with Gasteiger partial charge in [-0.25, -0.2) is 9.97 Å². The van der Waals surface area contributed by atoms with Crippen molar-refractivity contribution in [3.05, 3.63) is 70.0 Å². The number of nitrogens with zero attached hydrogens (tertiary/aromatic N) is 2. The Hall–Kier alpha value is -3.12. The van der Waals surface area contributed by atoms with Crippen LogP contribution in [0.25, 0.3) is 0 Å². The topological polar surface area (TPSA) is 76.1 Å². The first-order valence-electron chi connectivity index (χ1n) is 8.71. The first-order valence-corrected chi connectivity index (χ1v) is 9.09. The summed E-state index contributed by atoms with van der Waals surface area (Å²) in [7, 11) is 1.56. The molecule has 0 aliphatic heterocycles. The number of benzene rings is 2. The maximum atomic E-state index is 12.8. The summed E-state index contributed by atoms with van der Waals surface area (Å²) in [6.07, 6.45) is 0. The van der Waals surface area contributed by atoms with Crippen molar-refractivity contribution >= 4 is 34.8 Å². The molecule has 1 amide bonds. The van der Waals surface area contributed by atoms with E-state index in [9.17, 15) is 4.79 Å². The van der Waals surface area contributed by atoms with E-state index in [-0.39, 0.29) is 11.6 Å². The Bertz CT molecular complexity index is 1040. The van der Waals surface area contributed by atoms with Crippen molar-refractivity contribution in [1.82, 2.24) is 9.97 Å². The highest BCUT2D eigenvalue weighted by Crippen LogP contribution is 2.27. The predicted octanol–water partition coefficient (Wildman–Crippen LogP) is 5.06. The fourth-order valence-corrected chi connectivity index (χ4v) is 2.88. The van der Waals surface area contributed by atoms with Gasteiger partial charge in [-0.15, -0.1) is 0 Å². The lowest BCUT2D eigenvalue weighted by Crippen LogP contribution is -2.16. The van der Waals surface area contributed by atoms with Gasteiger partial charge in [0.15, 0.2) is 0 Å². The van der Waals surface area contributed by atoms with Crippen LogP contribution >= 0.6 is 11.6 Å². The molecule has 7 heteroatoms. The Morgan fingerprint density at radius 2 is 1.82 bits per heavy atom. The van der Waals surface area contributed by atoms with Crippen molar-refractivity contribution in [3.63, 3.8) is 0 Å². The van der Waals surface area contributed by atoms with Crippen molar-refractivity contribution in [2.24, 2.45) is 0 Å². The molecule has 2 aromatic carbocycles. The standard InChI is InChI=1S/C21H21ClN4O2/c1-12-8-9-19(28-4)17(10-12)24-20(27)18-11-13(2)23-21(26-18)25-16-7-5-6-15(22)14(16)3/h5-11H,1-4H3,(H,24,27)(H,23,25,26). The lowest BCUT2D eigenvalue weighted by Gasteiger charge is -2.13. The molecule has 2 N–H and O–H groups in total. The number of nitrogens with one attached hydrogen (secondary N) is 2. The maximum absolute atomic E-state index is 12.8. The van der Waals surface area contributed by atoms with E-state index in [1.54, 1.807) is 13.2 Å². The Labute approximate surface area is 168 Å². The number of halogens is 1. The fraction of sp³-hybridized carbons (Fsp3) is 0.190. The highest BCUT2D eigenvalue weighted by molar-refractivity contribution is 6.31. The van der Waals surface area contributed by atoms with Crippen LogP contribution in [0.15, 0.2) is 42.5 Å². The summed E-state index contributed by atoms with van der Waals surface area (Å²) in [5, 5.41) is 6.63. The van der Waals surface area contributed by atoms with E-state index in [1.165, 1.54) is 0 Å². The molecule has 0 saturated heterocycles. The predicted molar refractivity (Wildman–Crippen MR) is 112 cm³/mol. The summed E-state index contributed by atoms with van der Waals surface area (Å²) >= 11 is 6.17. The first-order chi connectivity index (χ1) is 13.4. The smallest absolute Gasteiger partial charge is 0.274 e. The van der Waals surface area contributed by atoms with Crippen molar-refractivity contribution < 1.29 is 9.53 Å². The minimum atomic E-state index is -0.347. The lowest BCUT2D eigenvalue weighted by atomic mass is 10.2. The average Bonchev–Trinajstić information content (AvgIpc) is 2.65. The van der Waals surface area contributed by atoms with E-state index >= 15 is 0 Å². The molecule has 0 radical (unpaired) electrons. The molecule has 28 heavy (non-hydrogen) atoms. The van der Waals surface area contributed by atoms with Gasteiger partial charge in [-0.1, -0.05) is 23.7 Å². The van der Waals surface area contributed by atoms with E-state index in [0.29, 0.717) is 28.1 Å². The Balaban J connectivity index is 1.88. The summed E-state index contributed by atoms with van der Waals surface area (Å²) in [4.78, 5) is 21.5. The third-order valence-corrected chi connectivity index (χ3v) is 4.61. The second-order valence-electron chi connectivity index (χ2n) is 6.41. The van der Waals surface area contributed by atoms with Gasteiger partial charge in [-0.2, -0.15) is 0 Å². The summed E-state index contributed by atoms with van der Waals surface area (Å²) < 4.78 is 5.32. The number of rotatable bonds is 5. The van der Waals surface area contributed by atoms with Gasteiger partial charge in [-0.05, 0) is 62.2 Å². The molecule has 1 aromatic heterocycles. The van der Waals surface area contributed by atoms with Gasteiger partial charge < -0.3 is 15.4 Å². The normalized spacial score (nSPS) is 10.5. The number of anilines is 3.